The van der Waals surface area contributed by atoms with Gasteiger partial charge in [-0.2, -0.15) is 0 Å². The smallest absolute Gasteiger partial charge is 0.0457 e. The highest BCUT2D eigenvalue weighted by atomic mass is 35.5. The first kappa shape index (κ1) is 17.1. The Morgan fingerprint density at radius 1 is 1.10 bits per heavy atom. The van der Waals surface area contributed by atoms with Gasteiger partial charge in [0.15, 0.2) is 0 Å². The molecule has 0 atom stereocenters. The highest BCUT2D eigenvalue weighted by Gasteiger charge is 2.39. The van der Waals surface area contributed by atoms with Crippen LogP contribution in [0.25, 0.3) is 0 Å². The fraction of sp³-hybridized carbons (Fsp3) is 0.647. The van der Waals surface area contributed by atoms with Crippen LogP contribution in [0.2, 0.25) is 10.0 Å². The third kappa shape index (κ3) is 3.92. The van der Waals surface area contributed by atoms with Crippen LogP contribution in [0.4, 0.5) is 0 Å². The Morgan fingerprint density at radius 3 is 2.05 bits per heavy atom. The lowest BCUT2D eigenvalue weighted by Crippen LogP contribution is -2.48. The Bertz CT molecular complexity index is 457. The number of rotatable bonds is 4. The molecule has 0 unspecified atom stereocenters. The van der Waals surface area contributed by atoms with E-state index < -0.39 is 0 Å². The first-order valence-electron chi connectivity index (χ1n) is 7.73. The summed E-state index contributed by atoms with van der Waals surface area (Å²) in [5.74, 6) is 0. The van der Waals surface area contributed by atoms with Crippen molar-refractivity contribution in [3.8, 4) is 0 Å². The molecule has 0 heterocycles. The molecule has 1 aliphatic carbocycles. The lowest BCUT2D eigenvalue weighted by atomic mass is 9.74. The van der Waals surface area contributed by atoms with Crippen LogP contribution >= 0.6 is 23.2 Å². The van der Waals surface area contributed by atoms with Gasteiger partial charge in [-0.3, -0.25) is 4.90 Å². The first-order valence-corrected chi connectivity index (χ1v) is 8.49. The van der Waals surface area contributed by atoms with E-state index in [2.05, 4.69) is 50.3 Å². The van der Waals surface area contributed by atoms with Crippen molar-refractivity contribution < 1.29 is 0 Å². The van der Waals surface area contributed by atoms with Gasteiger partial charge >= 0.3 is 0 Å². The van der Waals surface area contributed by atoms with Crippen molar-refractivity contribution in [2.75, 3.05) is 14.1 Å². The number of benzene rings is 1. The Morgan fingerprint density at radius 2 is 1.62 bits per heavy atom. The number of halogens is 2. The molecule has 0 amide bonds. The van der Waals surface area contributed by atoms with Crippen LogP contribution in [-0.2, 0) is 5.54 Å². The molecule has 1 fully saturated rings. The van der Waals surface area contributed by atoms with Gasteiger partial charge in [0.1, 0.15) is 0 Å². The van der Waals surface area contributed by atoms with Gasteiger partial charge in [-0.05, 0) is 63.5 Å². The summed E-state index contributed by atoms with van der Waals surface area (Å²) in [5, 5.41) is 5.11. The summed E-state index contributed by atoms with van der Waals surface area (Å²) < 4.78 is 0. The van der Waals surface area contributed by atoms with Crippen molar-refractivity contribution in [1.82, 2.24) is 10.2 Å². The monoisotopic (exact) mass is 328 g/mol. The van der Waals surface area contributed by atoms with Gasteiger partial charge in [-0.1, -0.05) is 37.0 Å². The summed E-state index contributed by atoms with van der Waals surface area (Å²) in [6.07, 6.45) is 4.61. The molecular weight excluding hydrogens is 303 g/mol. The van der Waals surface area contributed by atoms with Crippen LogP contribution in [-0.4, -0.2) is 31.1 Å². The molecule has 118 valence electrons. The third-order valence-electron chi connectivity index (χ3n) is 4.64. The maximum Gasteiger partial charge on any atom is 0.0457 e. The number of nitrogens with one attached hydrogen (secondary N) is 1. The number of nitrogens with zero attached hydrogens (tertiary/aromatic N) is 1. The zero-order chi connectivity index (χ0) is 15.6. The second kappa shape index (κ2) is 6.87. The normalized spacial score (nSPS) is 26.6. The molecule has 0 radical (unpaired) electrons. The minimum absolute atomic E-state index is 0.0453. The quantitative estimate of drug-likeness (QED) is 0.862. The SMILES string of the molecule is CC(C)NC1CCC(c2cc(Cl)cc(Cl)c2)(N(C)C)CC1. The molecule has 0 spiro atoms. The Kier molecular flexibility index (Phi) is 5.59. The summed E-state index contributed by atoms with van der Waals surface area (Å²) in [6.45, 7) is 4.43. The topological polar surface area (TPSA) is 15.3 Å². The van der Waals surface area contributed by atoms with E-state index >= 15 is 0 Å². The minimum atomic E-state index is 0.0453. The Labute approximate surface area is 138 Å². The van der Waals surface area contributed by atoms with E-state index in [1.165, 1.54) is 18.4 Å². The van der Waals surface area contributed by atoms with Gasteiger partial charge in [0.2, 0.25) is 0 Å². The van der Waals surface area contributed by atoms with E-state index in [0.717, 1.165) is 22.9 Å². The molecule has 4 heteroatoms. The van der Waals surface area contributed by atoms with Crippen LogP contribution < -0.4 is 5.32 Å². The summed E-state index contributed by atoms with van der Waals surface area (Å²) in [5.41, 5.74) is 1.29. The van der Waals surface area contributed by atoms with Gasteiger partial charge < -0.3 is 5.32 Å². The van der Waals surface area contributed by atoms with Crippen molar-refractivity contribution >= 4 is 23.2 Å². The largest absolute Gasteiger partial charge is 0.312 e. The zero-order valence-corrected chi connectivity index (χ0v) is 14.9. The molecule has 0 bridgehead atoms. The van der Waals surface area contributed by atoms with E-state index in [4.69, 9.17) is 23.2 Å². The van der Waals surface area contributed by atoms with E-state index in [0.29, 0.717) is 12.1 Å². The van der Waals surface area contributed by atoms with Crippen LogP contribution in [0.5, 0.6) is 0 Å². The zero-order valence-electron chi connectivity index (χ0n) is 13.4. The van der Waals surface area contributed by atoms with Crippen LogP contribution in [0, 0.1) is 0 Å². The maximum absolute atomic E-state index is 6.22. The van der Waals surface area contributed by atoms with E-state index in [1.807, 2.05) is 6.07 Å². The molecule has 21 heavy (non-hydrogen) atoms. The fourth-order valence-electron chi connectivity index (χ4n) is 3.55. The van der Waals surface area contributed by atoms with Crippen LogP contribution in [0.15, 0.2) is 18.2 Å². The van der Waals surface area contributed by atoms with Gasteiger partial charge in [-0.25, -0.2) is 0 Å². The second-order valence-electron chi connectivity index (χ2n) is 6.68. The molecular formula is C17H26Cl2N2. The molecule has 2 nitrogen and oxygen atoms in total. The van der Waals surface area contributed by atoms with Crippen molar-refractivity contribution in [2.24, 2.45) is 0 Å². The molecule has 1 saturated carbocycles. The number of hydrogen-bond donors (Lipinski definition) is 1. The second-order valence-corrected chi connectivity index (χ2v) is 7.55. The predicted octanol–water partition coefficient (Wildman–Crippen LogP) is 4.69. The lowest BCUT2D eigenvalue weighted by Gasteiger charge is -2.46. The summed E-state index contributed by atoms with van der Waals surface area (Å²) in [7, 11) is 4.32. The Balaban J connectivity index is 2.23. The number of hydrogen-bond acceptors (Lipinski definition) is 2. The minimum Gasteiger partial charge on any atom is -0.312 e. The van der Waals surface area contributed by atoms with E-state index in [1.54, 1.807) is 0 Å². The highest BCUT2D eigenvalue weighted by Crippen LogP contribution is 2.42. The molecule has 0 aliphatic heterocycles. The van der Waals surface area contributed by atoms with Gasteiger partial charge in [-0.15, -0.1) is 0 Å². The van der Waals surface area contributed by atoms with Crippen molar-refractivity contribution in [1.29, 1.82) is 0 Å². The van der Waals surface area contributed by atoms with Crippen LogP contribution in [0.3, 0.4) is 0 Å². The van der Waals surface area contributed by atoms with Crippen molar-refractivity contribution in [3.05, 3.63) is 33.8 Å². The van der Waals surface area contributed by atoms with Crippen molar-refractivity contribution in [3.63, 3.8) is 0 Å². The summed E-state index contributed by atoms with van der Waals surface area (Å²) in [4.78, 5) is 2.33. The molecule has 1 aliphatic rings. The Hall–Kier alpha value is -0.280. The first-order chi connectivity index (χ1) is 9.83. The van der Waals surface area contributed by atoms with E-state index in [9.17, 15) is 0 Å². The van der Waals surface area contributed by atoms with Crippen LogP contribution in [0.1, 0.15) is 45.1 Å². The molecule has 1 N–H and O–H groups in total. The third-order valence-corrected chi connectivity index (χ3v) is 5.07. The lowest BCUT2D eigenvalue weighted by molar-refractivity contribution is 0.0841. The molecule has 0 saturated heterocycles. The molecule has 1 aromatic carbocycles. The highest BCUT2D eigenvalue weighted by molar-refractivity contribution is 6.34. The van der Waals surface area contributed by atoms with Crippen molar-refractivity contribution in [2.45, 2.75) is 57.2 Å². The molecule has 1 aromatic rings. The average molecular weight is 329 g/mol. The maximum atomic E-state index is 6.22. The standard InChI is InChI=1S/C17H26Cl2N2/c1-12(2)20-16-5-7-17(8-6-16,21(3)4)13-9-14(18)11-15(19)10-13/h9-12,16,20H,5-8H2,1-4H3. The molecule has 0 aromatic heterocycles. The van der Waals surface area contributed by atoms with Gasteiger partial charge in [0, 0.05) is 27.7 Å². The average Bonchev–Trinajstić information content (AvgIpc) is 2.37. The predicted molar refractivity (Wildman–Crippen MR) is 92.4 cm³/mol. The summed E-state index contributed by atoms with van der Waals surface area (Å²) in [6, 6.07) is 7.12. The summed E-state index contributed by atoms with van der Waals surface area (Å²) >= 11 is 12.4. The fourth-order valence-corrected chi connectivity index (χ4v) is 4.08. The van der Waals surface area contributed by atoms with Gasteiger partial charge in [0.05, 0.1) is 0 Å². The van der Waals surface area contributed by atoms with E-state index in [-0.39, 0.29) is 5.54 Å². The molecule has 2 rings (SSSR count). The van der Waals surface area contributed by atoms with Gasteiger partial charge in [0.25, 0.3) is 0 Å².